The Morgan fingerprint density at radius 1 is 1.50 bits per heavy atom. The van der Waals surface area contributed by atoms with Crippen LogP contribution in [0, 0.1) is 5.92 Å². The van der Waals surface area contributed by atoms with Crippen LogP contribution < -0.4 is 0 Å². The topological polar surface area (TPSA) is 77.7 Å². The average Bonchev–Trinajstić information content (AvgIpc) is 3.04. The summed E-state index contributed by atoms with van der Waals surface area (Å²) in [5.74, 6) is 0.525. The summed E-state index contributed by atoms with van der Waals surface area (Å²) in [6.45, 7) is 5.57. The number of rotatable bonds is 3. The van der Waals surface area contributed by atoms with Gasteiger partial charge in [-0.2, -0.15) is 5.10 Å². The molecular weight excluding hydrogens is 254 g/mol. The van der Waals surface area contributed by atoms with Crippen LogP contribution in [0.4, 0.5) is 0 Å². The summed E-state index contributed by atoms with van der Waals surface area (Å²) in [5, 5.41) is 7.10. The van der Waals surface area contributed by atoms with Gasteiger partial charge in [-0.15, -0.1) is 0 Å². The molecule has 0 atom stereocenters. The minimum atomic E-state index is -0.0171. The lowest BCUT2D eigenvalue weighted by molar-refractivity contribution is 0.0726. The van der Waals surface area contributed by atoms with Crippen LogP contribution in [-0.2, 0) is 19.4 Å². The third-order valence-corrected chi connectivity index (χ3v) is 3.54. The van der Waals surface area contributed by atoms with Crippen molar-refractivity contribution in [2.45, 2.75) is 33.2 Å². The van der Waals surface area contributed by atoms with Crippen LogP contribution >= 0.6 is 0 Å². The third-order valence-electron chi connectivity index (χ3n) is 3.54. The maximum atomic E-state index is 12.4. The fourth-order valence-corrected chi connectivity index (χ4v) is 2.56. The molecule has 0 radical (unpaired) electrons. The van der Waals surface area contributed by atoms with Crippen molar-refractivity contribution in [2.75, 3.05) is 6.54 Å². The van der Waals surface area contributed by atoms with Crippen molar-refractivity contribution in [3.63, 3.8) is 0 Å². The number of H-pyrrole nitrogens is 2. The van der Waals surface area contributed by atoms with E-state index in [0.29, 0.717) is 24.7 Å². The highest BCUT2D eigenvalue weighted by molar-refractivity contribution is 5.92. The monoisotopic (exact) mass is 273 g/mol. The van der Waals surface area contributed by atoms with Crippen LogP contribution in [-0.4, -0.2) is 37.5 Å². The predicted octanol–water partition coefficient (Wildman–Crippen LogP) is 1.53. The molecule has 0 aliphatic carbocycles. The van der Waals surface area contributed by atoms with Crippen molar-refractivity contribution in [3.8, 4) is 0 Å². The number of carbonyl (C=O) groups is 1. The summed E-state index contributed by atoms with van der Waals surface area (Å²) in [6.07, 6.45) is 3.40. The molecular formula is C14H19N5O. The Kier molecular flexibility index (Phi) is 3.30. The van der Waals surface area contributed by atoms with Crippen LogP contribution in [0.2, 0.25) is 0 Å². The first-order valence-electron chi connectivity index (χ1n) is 6.98. The zero-order valence-corrected chi connectivity index (χ0v) is 11.8. The zero-order chi connectivity index (χ0) is 14.1. The highest BCUT2D eigenvalue weighted by atomic mass is 16.2. The maximum Gasteiger partial charge on any atom is 0.274 e. The Morgan fingerprint density at radius 2 is 2.35 bits per heavy atom. The lowest BCUT2D eigenvalue weighted by atomic mass is 10.1. The predicted molar refractivity (Wildman–Crippen MR) is 74.2 cm³/mol. The molecule has 0 unspecified atom stereocenters. The highest BCUT2D eigenvalue weighted by Gasteiger charge is 2.24. The average molecular weight is 273 g/mol. The molecule has 6 nitrogen and oxygen atoms in total. The molecule has 0 saturated carbocycles. The van der Waals surface area contributed by atoms with E-state index in [1.165, 1.54) is 0 Å². The van der Waals surface area contributed by atoms with Gasteiger partial charge >= 0.3 is 0 Å². The summed E-state index contributed by atoms with van der Waals surface area (Å²) in [5.41, 5.74) is 3.62. The Hall–Kier alpha value is -2.11. The van der Waals surface area contributed by atoms with Gasteiger partial charge in [-0.05, 0) is 18.4 Å². The van der Waals surface area contributed by atoms with E-state index in [-0.39, 0.29) is 5.91 Å². The lowest BCUT2D eigenvalue weighted by Gasteiger charge is -2.25. The van der Waals surface area contributed by atoms with E-state index in [1.54, 1.807) is 6.33 Å². The van der Waals surface area contributed by atoms with Crippen molar-refractivity contribution in [2.24, 2.45) is 5.92 Å². The second kappa shape index (κ2) is 5.11. The van der Waals surface area contributed by atoms with Crippen molar-refractivity contribution in [1.82, 2.24) is 25.1 Å². The quantitative estimate of drug-likeness (QED) is 0.890. The third kappa shape index (κ3) is 2.45. The number of fused-ring (bicyclic) bond motifs is 1. The highest BCUT2D eigenvalue weighted by Crippen LogP contribution is 2.17. The maximum absolute atomic E-state index is 12.4. The van der Waals surface area contributed by atoms with E-state index >= 15 is 0 Å². The van der Waals surface area contributed by atoms with Gasteiger partial charge in [0.2, 0.25) is 0 Å². The number of amides is 1. The van der Waals surface area contributed by atoms with Crippen LogP contribution in [0.1, 0.15) is 41.4 Å². The second-order valence-corrected chi connectivity index (χ2v) is 5.68. The Labute approximate surface area is 117 Å². The molecule has 2 aromatic heterocycles. The zero-order valence-electron chi connectivity index (χ0n) is 11.8. The number of hydrogen-bond donors (Lipinski definition) is 2. The number of hydrogen-bond acceptors (Lipinski definition) is 3. The van der Waals surface area contributed by atoms with Crippen molar-refractivity contribution < 1.29 is 4.79 Å². The molecule has 1 aliphatic heterocycles. The van der Waals surface area contributed by atoms with Gasteiger partial charge in [0.25, 0.3) is 5.91 Å². The Morgan fingerprint density at radius 3 is 3.15 bits per heavy atom. The van der Waals surface area contributed by atoms with Gasteiger partial charge in [-0.25, -0.2) is 4.98 Å². The SMILES string of the molecule is CC(C)Cc1cc(C(=O)N2CCc3nc[nH]c3C2)n[nH]1. The molecule has 0 aromatic carbocycles. The van der Waals surface area contributed by atoms with E-state index in [1.807, 2.05) is 11.0 Å². The summed E-state index contributed by atoms with van der Waals surface area (Å²) >= 11 is 0. The fraction of sp³-hybridized carbons (Fsp3) is 0.500. The minimum absolute atomic E-state index is 0.0171. The largest absolute Gasteiger partial charge is 0.347 e. The van der Waals surface area contributed by atoms with Crippen LogP contribution in [0.3, 0.4) is 0 Å². The molecule has 0 bridgehead atoms. The number of nitrogens with zero attached hydrogens (tertiary/aromatic N) is 3. The van der Waals surface area contributed by atoms with Crippen LogP contribution in [0.25, 0.3) is 0 Å². The van der Waals surface area contributed by atoms with E-state index in [9.17, 15) is 4.79 Å². The van der Waals surface area contributed by atoms with E-state index in [4.69, 9.17) is 0 Å². The number of carbonyl (C=O) groups excluding carboxylic acids is 1. The standard InChI is InChI=1S/C14H19N5O/c1-9(2)5-10-6-12(18-17-10)14(20)19-4-3-11-13(7-19)16-8-15-11/h6,8-9H,3-5,7H2,1-2H3,(H,15,16)(H,17,18). The van der Waals surface area contributed by atoms with Crippen molar-refractivity contribution in [3.05, 3.63) is 35.2 Å². The van der Waals surface area contributed by atoms with E-state index in [2.05, 4.69) is 34.0 Å². The van der Waals surface area contributed by atoms with Crippen LogP contribution in [0.5, 0.6) is 0 Å². The van der Waals surface area contributed by atoms with Gasteiger partial charge in [-0.1, -0.05) is 13.8 Å². The summed E-state index contributed by atoms with van der Waals surface area (Å²) in [7, 11) is 0. The summed E-state index contributed by atoms with van der Waals surface area (Å²) in [6, 6.07) is 1.87. The van der Waals surface area contributed by atoms with Gasteiger partial charge < -0.3 is 9.88 Å². The smallest absolute Gasteiger partial charge is 0.274 e. The van der Waals surface area contributed by atoms with E-state index in [0.717, 1.165) is 29.9 Å². The molecule has 2 aromatic rings. The molecule has 2 N–H and O–H groups in total. The number of nitrogens with one attached hydrogen (secondary N) is 2. The molecule has 0 saturated heterocycles. The van der Waals surface area contributed by atoms with Crippen molar-refractivity contribution >= 4 is 5.91 Å². The van der Waals surface area contributed by atoms with Gasteiger partial charge in [0, 0.05) is 18.7 Å². The van der Waals surface area contributed by atoms with Gasteiger partial charge in [0.15, 0.2) is 0 Å². The molecule has 1 amide bonds. The lowest BCUT2D eigenvalue weighted by Crippen LogP contribution is -2.36. The van der Waals surface area contributed by atoms with Gasteiger partial charge in [0.1, 0.15) is 5.69 Å². The number of aromatic nitrogens is 4. The first-order valence-corrected chi connectivity index (χ1v) is 6.98. The molecule has 106 valence electrons. The van der Waals surface area contributed by atoms with Crippen molar-refractivity contribution in [1.29, 1.82) is 0 Å². The van der Waals surface area contributed by atoms with Gasteiger partial charge in [-0.3, -0.25) is 9.89 Å². The Balaban J connectivity index is 1.72. The summed E-state index contributed by atoms with van der Waals surface area (Å²) < 4.78 is 0. The minimum Gasteiger partial charge on any atom is -0.347 e. The molecule has 6 heteroatoms. The number of imidazole rings is 1. The molecule has 3 rings (SSSR count). The van der Waals surface area contributed by atoms with Crippen LogP contribution in [0.15, 0.2) is 12.4 Å². The van der Waals surface area contributed by atoms with E-state index < -0.39 is 0 Å². The Bertz CT molecular complexity index is 613. The first-order chi connectivity index (χ1) is 9.63. The molecule has 3 heterocycles. The first kappa shape index (κ1) is 12.9. The number of aromatic amines is 2. The molecule has 0 fully saturated rings. The molecule has 20 heavy (non-hydrogen) atoms. The fourth-order valence-electron chi connectivity index (χ4n) is 2.56. The summed E-state index contributed by atoms with van der Waals surface area (Å²) in [4.78, 5) is 21.6. The normalized spacial score (nSPS) is 14.7. The van der Waals surface area contributed by atoms with Gasteiger partial charge in [0.05, 0.1) is 24.3 Å². The molecule has 0 spiro atoms. The second-order valence-electron chi connectivity index (χ2n) is 5.68. The molecule has 1 aliphatic rings.